The summed E-state index contributed by atoms with van der Waals surface area (Å²) in [6, 6.07) is 8.36. The van der Waals surface area contributed by atoms with Crippen LogP contribution < -0.4 is 0 Å². The fourth-order valence-electron chi connectivity index (χ4n) is 3.59. The number of carbonyl (C=O) groups is 1. The zero-order valence-electron chi connectivity index (χ0n) is 14.9. The van der Waals surface area contributed by atoms with E-state index in [2.05, 4.69) is 10.2 Å². The summed E-state index contributed by atoms with van der Waals surface area (Å²) in [6.07, 6.45) is 0. The van der Waals surface area contributed by atoms with Gasteiger partial charge in [0.05, 0.1) is 12.6 Å². The highest BCUT2D eigenvalue weighted by Gasteiger charge is 2.42. The Morgan fingerprint density at radius 2 is 2.00 bits per heavy atom. The summed E-state index contributed by atoms with van der Waals surface area (Å²) in [7, 11) is 0. The quantitative estimate of drug-likeness (QED) is 0.625. The van der Waals surface area contributed by atoms with Crippen molar-refractivity contribution in [3.63, 3.8) is 0 Å². The number of H-pyrrole nitrogens is 1. The van der Waals surface area contributed by atoms with Crippen molar-refractivity contribution in [1.82, 2.24) is 15.1 Å². The molecule has 3 aromatic rings. The Balaban J connectivity index is 1.92. The first-order valence-corrected chi connectivity index (χ1v) is 9.05. The van der Waals surface area contributed by atoms with Crippen LogP contribution in [0.5, 0.6) is 5.75 Å². The lowest BCUT2D eigenvalue weighted by atomic mass is 9.95. The number of fused-ring (bicyclic) bond motifs is 1. The number of aromatic nitrogens is 2. The highest BCUT2D eigenvalue weighted by atomic mass is 35.5. The number of aliphatic hydroxyl groups excluding tert-OH is 1. The molecule has 0 fully saturated rings. The summed E-state index contributed by atoms with van der Waals surface area (Å²) < 4.78 is 13.4. The van der Waals surface area contributed by atoms with Gasteiger partial charge in [-0.2, -0.15) is 5.10 Å². The molecule has 0 saturated heterocycles. The lowest BCUT2D eigenvalue weighted by molar-refractivity contribution is 0.0706. The van der Waals surface area contributed by atoms with Gasteiger partial charge in [0, 0.05) is 22.7 Å². The molecule has 0 radical (unpaired) electrons. The largest absolute Gasteiger partial charge is 0.507 e. The summed E-state index contributed by atoms with van der Waals surface area (Å²) in [5.41, 5.74) is 2.98. The number of aryl methyl sites for hydroxylation is 1. The third-order valence-electron chi connectivity index (χ3n) is 4.92. The molecule has 1 amide bonds. The van der Waals surface area contributed by atoms with E-state index >= 15 is 0 Å². The molecule has 0 aliphatic carbocycles. The lowest BCUT2D eigenvalue weighted by Crippen LogP contribution is -2.32. The fraction of sp³-hybridized carbons (Fsp3) is 0.200. The maximum Gasteiger partial charge on any atom is 0.273 e. The molecule has 1 atom stereocenters. The van der Waals surface area contributed by atoms with Gasteiger partial charge in [0.1, 0.15) is 23.0 Å². The van der Waals surface area contributed by atoms with Gasteiger partial charge < -0.3 is 15.1 Å². The van der Waals surface area contributed by atoms with Gasteiger partial charge in [0.15, 0.2) is 0 Å². The normalized spacial score (nSPS) is 15.9. The minimum Gasteiger partial charge on any atom is -0.507 e. The molecule has 0 unspecified atom stereocenters. The number of hydrogen-bond donors (Lipinski definition) is 3. The summed E-state index contributed by atoms with van der Waals surface area (Å²) in [5.74, 6) is -0.727. The van der Waals surface area contributed by atoms with Crippen LogP contribution in [0.1, 0.15) is 33.2 Å². The molecule has 0 saturated carbocycles. The van der Waals surface area contributed by atoms with E-state index in [1.54, 1.807) is 25.1 Å². The first-order valence-electron chi connectivity index (χ1n) is 8.67. The highest BCUT2D eigenvalue weighted by Crippen LogP contribution is 2.45. The molecule has 2 heterocycles. The Morgan fingerprint density at radius 3 is 2.68 bits per heavy atom. The van der Waals surface area contributed by atoms with Crippen LogP contribution in [0.2, 0.25) is 5.02 Å². The summed E-state index contributed by atoms with van der Waals surface area (Å²) >= 11 is 6.23. The summed E-state index contributed by atoms with van der Waals surface area (Å²) in [6.45, 7) is 1.65. The van der Waals surface area contributed by atoms with Gasteiger partial charge in [-0.3, -0.25) is 9.89 Å². The standard InChI is InChI=1S/C20H17ClFN3O3/c1-10-8-15(27)13(9-14(10)21)17-16-18(24-23-17)20(28)25(6-7-26)19(16)11-2-4-12(22)5-3-11/h2-5,8-9,19,26-27H,6-7H2,1H3,(H,23,24)/t19-/m1/s1. The number of carbonyl (C=O) groups excluding carboxylic acids is 1. The van der Waals surface area contributed by atoms with E-state index in [4.69, 9.17) is 11.6 Å². The number of hydrogen-bond acceptors (Lipinski definition) is 4. The van der Waals surface area contributed by atoms with E-state index in [-0.39, 0.29) is 30.5 Å². The number of phenols is 1. The average molecular weight is 402 g/mol. The Hall–Kier alpha value is -2.90. The Bertz CT molecular complexity index is 1070. The van der Waals surface area contributed by atoms with Crippen LogP contribution in [0, 0.1) is 12.7 Å². The number of aromatic amines is 1. The molecular formula is C20H17ClFN3O3. The van der Waals surface area contributed by atoms with Crippen LogP contribution in [0.4, 0.5) is 4.39 Å². The summed E-state index contributed by atoms with van der Waals surface area (Å²) in [5, 5.41) is 27.3. The van der Waals surface area contributed by atoms with Crippen LogP contribution in [0.3, 0.4) is 0 Å². The van der Waals surface area contributed by atoms with Crippen molar-refractivity contribution in [3.05, 3.63) is 69.6 Å². The number of phenolic OH excluding ortho intramolecular Hbond substituents is 1. The molecular weight excluding hydrogens is 385 g/mol. The molecule has 28 heavy (non-hydrogen) atoms. The van der Waals surface area contributed by atoms with Crippen molar-refractivity contribution >= 4 is 17.5 Å². The van der Waals surface area contributed by atoms with Crippen molar-refractivity contribution in [1.29, 1.82) is 0 Å². The highest BCUT2D eigenvalue weighted by molar-refractivity contribution is 6.31. The molecule has 4 rings (SSSR count). The third-order valence-corrected chi connectivity index (χ3v) is 5.33. The number of nitrogens with one attached hydrogen (secondary N) is 1. The predicted molar refractivity (Wildman–Crippen MR) is 102 cm³/mol. The predicted octanol–water partition coefficient (Wildman–Crippen LogP) is 3.42. The van der Waals surface area contributed by atoms with Gasteiger partial charge in [0.25, 0.3) is 5.91 Å². The molecule has 144 valence electrons. The lowest BCUT2D eigenvalue weighted by Gasteiger charge is -2.25. The number of rotatable bonds is 4. The van der Waals surface area contributed by atoms with E-state index in [1.165, 1.54) is 23.1 Å². The van der Waals surface area contributed by atoms with Crippen LogP contribution in [0.15, 0.2) is 36.4 Å². The average Bonchev–Trinajstić information content (AvgIpc) is 3.20. The van der Waals surface area contributed by atoms with E-state index in [0.29, 0.717) is 33.0 Å². The van der Waals surface area contributed by atoms with Gasteiger partial charge in [-0.25, -0.2) is 4.39 Å². The number of halogens is 2. The van der Waals surface area contributed by atoms with E-state index in [1.807, 2.05) is 0 Å². The van der Waals surface area contributed by atoms with Crippen molar-refractivity contribution in [3.8, 4) is 17.0 Å². The maximum absolute atomic E-state index is 13.4. The van der Waals surface area contributed by atoms with Crippen molar-refractivity contribution in [2.75, 3.05) is 13.2 Å². The van der Waals surface area contributed by atoms with Gasteiger partial charge in [-0.1, -0.05) is 23.7 Å². The minimum absolute atomic E-state index is 0.0119. The van der Waals surface area contributed by atoms with Gasteiger partial charge >= 0.3 is 0 Å². The molecule has 6 nitrogen and oxygen atoms in total. The van der Waals surface area contributed by atoms with Crippen LogP contribution in [-0.4, -0.2) is 44.4 Å². The topological polar surface area (TPSA) is 89.5 Å². The van der Waals surface area contributed by atoms with E-state index in [9.17, 15) is 19.4 Å². The Kier molecular flexibility index (Phi) is 4.56. The third kappa shape index (κ3) is 2.83. The first-order chi connectivity index (χ1) is 13.4. The van der Waals surface area contributed by atoms with Crippen molar-refractivity contribution in [2.45, 2.75) is 13.0 Å². The number of benzene rings is 2. The monoisotopic (exact) mass is 401 g/mol. The smallest absolute Gasteiger partial charge is 0.273 e. The first kappa shape index (κ1) is 18.5. The van der Waals surface area contributed by atoms with Crippen LogP contribution in [0.25, 0.3) is 11.3 Å². The molecule has 3 N–H and O–H groups in total. The van der Waals surface area contributed by atoms with Crippen LogP contribution in [-0.2, 0) is 0 Å². The fourth-order valence-corrected chi connectivity index (χ4v) is 3.75. The van der Waals surface area contributed by atoms with Crippen molar-refractivity contribution in [2.24, 2.45) is 0 Å². The molecule has 1 aliphatic rings. The van der Waals surface area contributed by atoms with Gasteiger partial charge in [-0.05, 0) is 42.3 Å². The number of nitrogens with zero attached hydrogens (tertiary/aromatic N) is 2. The Morgan fingerprint density at radius 1 is 1.29 bits per heavy atom. The maximum atomic E-state index is 13.4. The molecule has 0 bridgehead atoms. The molecule has 2 aromatic carbocycles. The molecule has 8 heteroatoms. The molecule has 0 spiro atoms. The van der Waals surface area contributed by atoms with Crippen LogP contribution >= 0.6 is 11.6 Å². The van der Waals surface area contributed by atoms with Gasteiger partial charge in [-0.15, -0.1) is 0 Å². The SMILES string of the molecule is Cc1cc(O)c(-c2n[nH]c3c2[C@@H](c2ccc(F)cc2)N(CCO)C3=O)cc1Cl. The molecule has 1 aromatic heterocycles. The van der Waals surface area contributed by atoms with E-state index < -0.39 is 11.9 Å². The zero-order chi connectivity index (χ0) is 20.0. The minimum atomic E-state index is -0.580. The molecule has 1 aliphatic heterocycles. The second-order valence-electron chi connectivity index (χ2n) is 6.66. The zero-order valence-corrected chi connectivity index (χ0v) is 15.7. The van der Waals surface area contributed by atoms with Gasteiger partial charge in [0.2, 0.25) is 0 Å². The number of aromatic hydroxyl groups is 1. The Labute approximate surface area is 165 Å². The van der Waals surface area contributed by atoms with Crippen molar-refractivity contribution < 1.29 is 19.4 Å². The second-order valence-corrected chi connectivity index (χ2v) is 7.06. The summed E-state index contributed by atoms with van der Waals surface area (Å²) in [4.78, 5) is 14.4. The number of aliphatic hydroxyl groups is 1. The number of amides is 1. The second kappa shape index (κ2) is 6.92. The number of β-amino-alcohol motifs (C(OH)–C–C–N with tert-alkyl or cyclic N) is 1. The van der Waals surface area contributed by atoms with E-state index in [0.717, 1.165) is 0 Å².